The molecule has 0 fully saturated rings. The molecule has 0 saturated carbocycles. The lowest BCUT2D eigenvalue weighted by Crippen LogP contribution is -2.32. The minimum Gasteiger partial charge on any atom is -0.466 e. The average molecular weight is 489 g/mol. The van der Waals surface area contributed by atoms with Crippen LogP contribution in [0.25, 0.3) is 16.9 Å². The number of carbonyl (C=O) groups excluding carboxylic acids is 2. The Morgan fingerprint density at radius 2 is 1.50 bits per heavy atom. The highest BCUT2D eigenvalue weighted by atomic mass is 16.6. The van der Waals surface area contributed by atoms with Crippen molar-refractivity contribution < 1.29 is 24.0 Å². The number of benzene rings is 2. The average Bonchev–Trinajstić information content (AvgIpc) is 3.33. The quantitative estimate of drug-likeness (QED) is 0.313. The summed E-state index contributed by atoms with van der Waals surface area (Å²) in [5.74, 6) is -2.09. The molecule has 0 aliphatic carbocycles. The Labute approximate surface area is 207 Å². The Morgan fingerprint density at radius 3 is 2.00 bits per heavy atom. The first kappa shape index (κ1) is 24.4. The smallest absolute Gasteiger partial charge is 0.336 e. The van der Waals surface area contributed by atoms with Crippen molar-refractivity contribution in [3.63, 3.8) is 0 Å². The zero-order valence-corrected chi connectivity index (χ0v) is 20.1. The van der Waals surface area contributed by atoms with Crippen LogP contribution in [0, 0.1) is 10.1 Å². The van der Waals surface area contributed by atoms with Crippen molar-refractivity contribution in [1.82, 2.24) is 15.1 Å². The van der Waals surface area contributed by atoms with Crippen molar-refractivity contribution in [2.45, 2.75) is 19.8 Å². The third kappa shape index (κ3) is 4.36. The summed E-state index contributed by atoms with van der Waals surface area (Å²) in [4.78, 5) is 36.6. The number of methoxy groups -OCH3 is 2. The standard InChI is InChI=1S/C26H24N4O6/c1-15-21(25(31)35-3)23(22(16(2)27-15)26(32)36-4)20-14-29(18-8-6-5-7-9-18)28-24(20)17-10-12-19(13-11-17)30(33)34/h5-14,23,27H,1-4H3. The number of hydrogen-bond donors (Lipinski definition) is 1. The molecule has 4 rings (SSSR count). The molecule has 10 nitrogen and oxygen atoms in total. The Morgan fingerprint density at radius 1 is 0.944 bits per heavy atom. The van der Waals surface area contributed by atoms with Gasteiger partial charge in [0, 0.05) is 40.9 Å². The second kappa shape index (κ2) is 9.87. The van der Waals surface area contributed by atoms with Crippen LogP contribution in [0.2, 0.25) is 0 Å². The number of nitro benzene ring substituents is 1. The highest BCUT2D eigenvalue weighted by Gasteiger charge is 2.40. The molecule has 2 heterocycles. The first-order chi connectivity index (χ1) is 17.3. The summed E-state index contributed by atoms with van der Waals surface area (Å²) in [7, 11) is 2.54. The van der Waals surface area contributed by atoms with Crippen molar-refractivity contribution >= 4 is 17.6 Å². The summed E-state index contributed by atoms with van der Waals surface area (Å²) in [6.07, 6.45) is 1.74. The summed E-state index contributed by atoms with van der Waals surface area (Å²) in [5.41, 5.74) is 3.77. The number of non-ortho nitro benzene ring substituents is 1. The maximum absolute atomic E-state index is 13.0. The van der Waals surface area contributed by atoms with E-state index in [1.54, 1.807) is 36.9 Å². The maximum Gasteiger partial charge on any atom is 0.336 e. The van der Waals surface area contributed by atoms with Crippen LogP contribution >= 0.6 is 0 Å². The lowest BCUT2D eigenvalue weighted by molar-refractivity contribution is -0.384. The number of hydrogen-bond acceptors (Lipinski definition) is 8. The number of allylic oxidation sites excluding steroid dienone is 2. The Bertz CT molecular complexity index is 1370. The number of dihydropyridines is 1. The van der Waals surface area contributed by atoms with Gasteiger partial charge in [-0.25, -0.2) is 14.3 Å². The van der Waals surface area contributed by atoms with Crippen LogP contribution in [-0.4, -0.2) is 40.9 Å². The number of nitrogens with one attached hydrogen (secondary N) is 1. The van der Waals surface area contributed by atoms with E-state index in [1.807, 2.05) is 30.3 Å². The third-order valence-electron chi connectivity index (χ3n) is 6.00. The number of nitrogens with zero attached hydrogens (tertiary/aromatic N) is 3. The molecular weight excluding hydrogens is 464 g/mol. The molecule has 0 bridgehead atoms. The molecule has 0 atom stereocenters. The van der Waals surface area contributed by atoms with E-state index in [-0.39, 0.29) is 16.8 Å². The number of para-hydroxylation sites is 1. The predicted octanol–water partition coefficient (Wildman–Crippen LogP) is 4.03. The van der Waals surface area contributed by atoms with Crippen LogP contribution in [0.4, 0.5) is 5.69 Å². The monoisotopic (exact) mass is 488 g/mol. The number of aromatic nitrogens is 2. The van der Waals surface area contributed by atoms with Crippen LogP contribution in [0.5, 0.6) is 0 Å². The van der Waals surface area contributed by atoms with Crippen LogP contribution < -0.4 is 5.32 Å². The first-order valence-corrected chi connectivity index (χ1v) is 11.0. The summed E-state index contributed by atoms with van der Waals surface area (Å²) in [6, 6.07) is 15.3. The molecule has 1 aromatic heterocycles. The van der Waals surface area contributed by atoms with Crippen LogP contribution in [0.3, 0.4) is 0 Å². The van der Waals surface area contributed by atoms with Crippen LogP contribution in [0.1, 0.15) is 25.3 Å². The summed E-state index contributed by atoms with van der Waals surface area (Å²) in [6.45, 7) is 3.45. The Kier molecular flexibility index (Phi) is 6.69. The Hall–Kier alpha value is -4.73. The molecule has 0 amide bonds. The molecule has 2 aromatic carbocycles. The molecule has 1 N–H and O–H groups in total. The van der Waals surface area contributed by atoms with E-state index >= 15 is 0 Å². The van der Waals surface area contributed by atoms with E-state index in [0.29, 0.717) is 28.2 Å². The molecule has 0 unspecified atom stereocenters. The van der Waals surface area contributed by atoms with Gasteiger partial charge in [-0.1, -0.05) is 18.2 Å². The van der Waals surface area contributed by atoms with E-state index in [2.05, 4.69) is 5.32 Å². The number of rotatable bonds is 6. The molecular formula is C26H24N4O6. The molecule has 184 valence electrons. The molecule has 0 spiro atoms. The molecule has 10 heteroatoms. The lowest BCUT2D eigenvalue weighted by Gasteiger charge is -2.29. The highest BCUT2D eigenvalue weighted by molar-refractivity contribution is 6.00. The van der Waals surface area contributed by atoms with Gasteiger partial charge in [-0.3, -0.25) is 10.1 Å². The first-order valence-electron chi connectivity index (χ1n) is 11.0. The molecule has 0 saturated heterocycles. The SMILES string of the molecule is COC(=O)C1=C(C)NC(C)=C(C(=O)OC)C1c1cn(-c2ccccc2)nc1-c1ccc([N+](=O)[O-])cc1. The van der Waals surface area contributed by atoms with Crippen molar-refractivity contribution in [3.8, 4) is 16.9 Å². The van der Waals surface area contributed by atoms with E-state index in [4.69, 9.17) is 14.6 Å². The minimum absolute atomic E-state index is 0.0679. The normalized spacial score (nSPS) is 13.9. The molecule has 1 aliphatic heterocycles. The van der Waals surface area contributed by atoms with Crippen molar-refractivity contribution in [2.75, 3.05) is 14.2 Å². The highest BCUT2D eigenvalue weighted by Crippen LogP contribution is 2.43. The van der Waals surface area contributed by atoms with Gasteiger partial charge in [-0.05, 0) is 38.1 Å². The summed E-state index contributed by atoms with van der Waals surface area (Å²) >= 11 is 0. The van der Waals surface area contributed by atoms with Crippen molar-refractivity contribution in [2.24, 2.45) is 0 Å². The number of esters is 2. The fourth-order valence-corrected chi connectivity index (χ4v) is 4.34. The lowest BCUT2D eigenvalue weighted by atomic mass is 9.79. The van der Waals surface area contributed by atoms with Crippen LogP contribution in [-0.2, 0) is 19.1 Å². The third-order valence-corrected chi connectivity index (χ3v) is 6.00. The number of ether oxygens (including phenoxy) is 2. The topological polar surface area (TPSA) is 126 Å². The van der Waals surface area contributed by atoms with E-state index in [1.165, 1.54) is 26.4 Å². The zero-order valence-electron chi connectivity index (χ0n) is 20.1. The van der Waals surface area contributed by atoms with Crippen molar-refractivity contribution in [3.05, 3.63) is 99.0 Å². The van der Waals surface area contributed by atoms with E-state index < -0.39 is 22.8 Å². The van der Waals surface area contributed by atoms with Gasteiger partial charge in [0.2, 0.25) is 0 Å². The van der Waals surface area contributed by atoms with Crippen molar-refractivity contribution in [1.29, 1.82) is 0 Å². The second-order valence-electron chi connectivity index (χ2n) is 8.14. The number of nitro groups is 1. The molecule has 1 aliphatic rings. The Balaban J connectivity index is 2.01. The van der Waals surface area contributed by atoms with E-state index in [0.717, 1.165) is 5.69 Å². The fourth-order valence-electron chi connectivity index (χ4n) is 4.34. The van der Waals surface area contributed by atoms with Gasteiger partial charge in [-0.2, -0.15) is 5.10 Å². The van der Waals surface area contributed by atoms with Gasteiger partial charge >= 0.3 is 11.9 Å². The molecule has 36 heavy (non-hydrogen) atoms. The largest absolute Gasteiger partial charge is 0.466 e. The van der Waals surface area contributed by atoms with Gasteiger partial charge in [0.1, 0.15) is 0 Å². The van der Waals surface area contributed by atoms with Gasteiger partial charge in [0.05, 0.1) is 47.6 Å². The summed E-state index contributed by atoms with van der Waals surface area (Å²) in [5, 5.41) is 19.0. The molecule has 3 aromatic rings. The fraction of sp³-hybridized carbons (Fsp3) is 0.192. The zero-order chi connectivity index (χ0) is 26.0. The number of carbonyl (C=O) groups is 2. The maximum atomic E-state index is 13.0. The van der Waals surface area contributed by atoms with Gasteiger partial charge in [0.15, 0.2) is 0 Å². The van der Waals surface area contributed by atoms with Crippen LogP contribution in [0.15, 0.2) is 83.3 Å². The van der Waals surface area contributed by atoms with E-state index in [9.17, 15) is 19.7 Å². The minimum atomic E-state index is -0.867. The summed E-state index contributed by atoms with van der Waals surface area (Å²) < 4.78 is 11.8. The predicted molar refractivity (Wildman–Crippen MR) is 131 cm³/mol. The van der Waals surface area contributed by atoms with Gasteiger partial charge in [0.25, 0.3) is 5.69 Å². The van der Waals surface area contributed by atoms with Gasteiger partial charge in [-0.15, -0.1) is 0 Å². The second-order valence-corrected chi connectivity index (χ2v) is 8.14. The molecule has 0 radical (unpaired) electrons. The van der Waals surface area contributed by atoms with Gasteiger partial charge < -0.3 is 14.8 Å².